The van der Waals surface area contributed by atoms with Gasteiger partial charge in [-0.2, -0.15) is 0 Å². The fourth-order valence-corrected chi connectivity index (χ4v) is 2.83. The molecule has 0 aliphatic carbocycles. The number of carbonyl (C=O) groups is 1. The van der Waals surface area contributed by atoms with Crippen LogP contribution in [0.2, 0.25) is 0 Å². The Bertz CT molecular complexity index is 861. The van der Waals surface area contributed by atoms with E-state index in [0.29, 0.717) is 20.6 Å². The lowest BCUT2D eigenvalue weighted by atomic mass is 10.1. The van der Waals surface area contributed by atoms with Crippen molar-refractivity contribution in [1.29, 1.82) is 0 Å². The Morgan fingerprint density at radius 2 is 2.12 bits per heavy atom. The number of carbonyl (C=O) groups excluding carboxylic acids is 1. The van der Waals surface area contributed by atoms with Crippen LogP contribution in [0.4, 0.5) is 5.69 Å². The molecule has 0 aliphatic heterocycles. The normalized spacial score (nSPS) is 10.8. The second-order valence-electron chi connectivity index (χ2n) is 4.97. The van der Waals surface area contributed by atoms with E-state index in [4.69, 9.17) is 14.0 Å². The lowest BCUT2D eigenvalue weighted by Gasteiger charge is -2.12. The standard InChI is InChI=1S/C16H15IN2O7/c1-9-15(19(21)22)12(26-18-9)5-4-10-6-11(17)16(13(7-10)23-2)25-8-14(20)24-3/h4-7H,8H2,1-3H3/b5-4+. The van der Waals surface area contributed by atoms with Gasteiger partial charge in [0.2, 0.25) is 5.76 Å². The molecule has 0 N–H and O–H groups in total. The smallest absolute Gasteiger partial charge is 0.343 e. The van der Waals surface area contributed by atoms with Crippen LogP contribution in [0, 0.1) is 20.6 Å². The minimum atomic E-state index is -0.542. The number of halogens is 1. The largest absolute Gasteiger partial charge is 0.493 e. The molecule has 2 aromatic rings. The summed E-state index contributed by atoms with van der Waals surface area (Å²) in [7, 11) is 2.74. The highest BCUT2D eigenvalue weighted by Gasteiger charge is 2.22. The van der Waals surface area contributed by atoms with Crippen molar-refractivity contribution in [3.05, 3.63) is 42.8 Å². The van der Waals surface area contributed by atoms with Gasteiger partial charge in [-0.3, -0.25) is 10.1 Å². The lowest BCUT2D eigenvalue weighted by molar-refractivity contribution is -0.386. The van der Waals surface area contributed by atoms with Crippen LogP contribution in [0.25, 0.3) is 12.2 Å². The van der Waals surface area contributed by atoms with Gasteiger partial charge in [0.25, 0.3) is 0 Å². The number of hydrogen-bond donors (Lipinski definition) is 0. The summed E-state index contributed by atoms with van der Waals surface area (Å²) in [6.07, 6.45) is 3.08. The average Bonchev–Trinajstić information content (AvgIpc) is 2.98. The van der Waals surface area contributed by atoms with Gasteiger partial charge < -0.3 is 18.7 Å². The zero-order valence-electron chi connectivity index (χ0n) is 14.1. The van der Waals surface area contributed by atoms with Gasteiger partial charge in [0.05, 0.1) is 22.7 Å². The van der Waals surface area contributed by atoms with Gasteiger partial charge in [0.1, 0.15) is 0 Å². The third-order valence-electron chi connectivity index (χ3n) is 3.28. The molecule has 9 nitrogen and oxygen atoms in total. The summed E-state index contributed by atoms with van der Waals surface area (Å²) in [5.41, 5.74) is 0.717. The number of nitrogens with zero attached hydrogens (tertiary/aromatic N) is 2. The summed E-state index contributed by atoms with van der Waals surface area (Å²) in [5, 5.41) is 14.7. The molecule has 0 radical (unpaired) electrons. The Balaban J connectivity index is 2.30. The number of aromatic nitrogens is 1. The molecule has 1 aromatic heterocycles. The first-order chi connectivity index (χ1) is 12.4. The number of hydrogen-bond acceptors (Lipinski definition) is 8. The van der Waals surface area contributed by atoms with Gasteiger partial charge >= 0.3 is 11.7 Å². The van der Waals surface area contributed by atoms with E-state index in [0.717, 1.165) is 0 Å². The minimum Gasteiger partial charge on any atom is -0.493 e. The summed E-state index contributed by atoms with van der Waals surface area (Å²) >= 11 is 2.03. The number of esters is 1. The molecular formula is C16H15IN2O7. The van der Waals surface area contributed by atoms with Gasteiger partial charge in [-0.25, -0.2) is 4.79 Å². The maximum atomic E-state index is 11.2. The number of nitro groups is 1. The second-order valence-corrected chi connectivity index (χ2v) is 6.13. The Kier molecular flexibility index (Phi) is 6.55. The average molecular weight is 474 g/mol. The van der Waals surface area contributed by atoms with Gasteiger partial charge in [-0.15, -0.1) is 0 Å². The van der Waals surface area contributed by atoms with E-state index in [-0.39, 0.29) is 23.7 Å². The van der Waals surface area contributed by atoms with Crippen LogP contribution in [0.3, 0.4) is 0 Å². The molecule has 0 aliphatic rings. The molecule has 0 bridgehead atoms. The van der Waals surface area contributed by atoms with Crippen LogP contribution < -0.4 is 9.47 Å². The van der Waals surface area contributed by atoms with Crippen LogP contribution in [-0.4, -0.2) is 36.9 Å². The first-order valence-corrected chi connectivity index (χ1v) is 8.31. The van der Waals surface area contributed by atoms with Crippen LogP contribution >= 0.6 is 22.6 Å². The van der Waals surface area contributed by atoms with E-state index < -0.39 is 10.9 Å². The third-order valence-corrected chi connectivity index (χ3v) is 4.08. The number of aryl methyl sites for hydroxylation is 1. The summed E-state index contributed by atoms with van der Waals surface area (Å²) in [5.74, 6) is 0.341. The summed E-state index contributed by atoms with van der Waals surface area (Å²) in [6, 6.07) is 3.43. The molecule has 0 saturated heterocycles. The van der Waals surface area contributed by atoms with Gasteiger partial charge in [0, 0.05) is 0 Å². The molecule has 0 unspecified atom stereocenters. The molecule has 0 spiro atoms. The van der Waals surface area contributed by atoms with Crippen LogP contribution in [-0.2, 0) is 9.53 Å². The predicted octanol–water partition coefficient (Wildman–Crippen LogP) is 3.23. The van der Waals surface area contributed by atoms with Crippen molar-refractivity contribution in [2.24, 2.45) is 0 Å². The topological polar surface area (TPSA) is 114 Å². The van der Waals surface area contributed by atoms with Crippen molar-refractivity contribution < 1.29 is 28.5 Å². The molecule has 1 heterocycles. The van der Waals surface area contributed by atoms with Crippen molar-refractivity contribution in [3.8, 4) is 11.5 Å². The van der Waals surface area contributed by atoms with E-state index in [2.05, 4.69) is 9.89 Å². The van der Waals surface area contributed by atoms with E-state index in [1.807, 2.05) is 22.6 Å². The Hall–Kier alpha value is -2.63. The van der Waals surface area contributed by atoms with E-state index in [1.165, 1.54) is 27.2 Å². The maximum absolute atomic E-state index is 11.2. The van der Waals surface area contributed by atoms with Crippen molar-refractivity contribution in [1.82, 2.24) is 5.16 Å². The second kappa shape index (κ2) is 8.65. The van der Waals surface area contributed by atoms with E-state index >= 15 is 0 Å². The van der Waals surface area contributed by atoms with Gasteiger partial charge in [-0.05, 0) is 53.3 Å². The first kappa shape index (κ1) is 19.7. The maximum Gasteiger partial charge on any atom is 0.343 e. The highest BCUT2D eigenvalue weighted by atomic mass is 127. The summed E-state index contributed by atoms with van der Waals surface area (Å²) in [4.78, 5) is 21.8. The summed E-state index contributed by atoms with van der Waals surface area (Å²) in [6.45, 7) is 1.25. The molecule has 10 heteroatoms. The third kappa shape index (κ3) is 4.50. The number of benzene rings is 1. The number of rotatable bonds is 7. The fraction of sp³-hybridized carbons (Fsp3) is 0.250. The Labute approximate surface area is 162 Å². The van der Waals surface area contributed by atoms with Crippen molar-refractivity contribution in [2.75, 3.05) is 20.8 Å². The molecule has 26 heavy (non-hydrogen) atoms. The molecular weight excluding hydrogens is 459 g/mol. The van der Waals surface area contributed by atoms with Crippen molar-refractivity contribution in [3.63, 3.8) is 0 Å². The molecule has 1 aromatic carbocycles. The quantitative estimate of drug-likeness (QED) is 0.260. The van der Waals surface area contributed by atoms with E-state index in [9.17, 15) is 14.9 Å². The Morgan fingerprint density at radius 1 is 1.38 bits per heavy atom. The fourth-order valence-electron chi connectivity index (χ4n) is 2.05. The molecule has 2 rings (SSSR count). The zero-order valence-corrected chi connectivity index (χ0v) is 16.3. The molecule has 0 saturated carbocycles. The lowest BCUT2D eigenvalue weighted by Crippen LogP contribution is -2.13. The van der Waals surface area contributed by atoms with E-state index in [1.54, 1.807) is 18.2 Å². The monoisotopic (exact) mass is 474 g/mol. The molecule has 0 fully saturated rings. The van der Waals surface area contributed by atoms with Crippen LogP contribution in [0.1, 0.15) is 17.0 Å². The molecule has 138 valence electrons. The first-order valence-electron chi connectivity index (χ1n) is 7.23. The van der Waals surface area contributed by atoms with Crippen molar-refractivity contribution in [2.45, 2.75) is 6.92 Å². The van der Waals surface area contributed by atoms with Gasteiger partial charge in [0.15, 0.2) is 23.8 Å². The molecule has 0 amide bonds. The summed E-state index contributed by atoms with van der Waals surface area (Å²) < 4.78 is 20.9. The highest BCUT2D eigenvalue weighted by Crippen LogP contribution is 2.35. The van der Waals surface area contributed by atoms with Gasteiger partial charge in [-0.1, -0.05) is 11.2 Å². The zero-order chi connectivity index (χ0) is 19.3. The molecule has 0 atom stereocenters. The number of methoxy groups -OCH3 is 2. The minimum absolute atomic E-state index is 0.0486. The van der Waals surface area contributed by atoms with Crippen LogP contribution in [0.15, 0.2) is 16.7 Å². The van der Waals surface area contributed by atoms with Crippen molar-refractivity contribution >= 4 is 46.4 Å². The number of ether oxygens (including phenoxy) is 3. The predicted molar refractivity (Wildman–Crippen MR) is 100 cm³/mol. The highest BCUT2D eigenvalue weighted by molar-refractivity contribution is 14.1. The SMILES string of the molecule is COC(=O)COc1c(I)cc(/C=C/c2onc(C)c2[N+](=O)[O-])cc1OC. The van der Waals surface area contributed by atoms with Crippen LogP contribution in [0.5, 0.6) is 11.5 Å². The Morgan fingerprint density at radius 3 is 2.73 bits per heavy atom.